The van der Waals surface area contributed by atoms with Crippen LogP contribution in [0.4, 0.5) is 5.13 Å². The molecule has 30 heavy (non-hydrogen) atoms. The van der Waals surface area contributed by atoms with Gasteiger partial charge in [0.05, 0.1) is 24.6 Å². The van der Waals surface area contributed by atoms with Crippen molar-refractivity contribution in [3.05, 3.63) is 69.4 Å². The van der Waals surface area contributed by atoms with E-state index in [0.29, 0.717) is 17.2 Å². The molecule has 1 aromatic carbocycles. The van der Waals surface area contributed by atoms with E-state index in [0.717, 1.165) is 36.1 Å². The summed E-state index contributed by atoms with van der Waals surface area (Å²) in [6.45, 7) is 2.18. The number of rotatable bonds is 11. The van der Waals surface area contributed by atoms with Crippen LogP contribution in [-0.2, 0) is 22.4 Å². The highest BCUT2D eigenvalue weighted by Crippen LogP contribution is 2.21. The van der Waals surface area contributed by atoms with Gasteiger partial charge in [0.25, 0.3) is 0 Å². The highest BCUT2D eigenvalue weighted by atomic mass is 32.1. The fourth-order valence-electron chi connectivity index (χ4n) is 3.20. The van der Waals surface area contributed by atoms with Crippen molar-refractivity contribution >= 4 is 39.6 Å². The second-order valence-electron chi connectivity index (χ2n) is 7.15. The maximum Gasteiger partial charge on any atom is 0.231 e. The lowest BCUT2D eigenvalue weighted by molar-refractivity contribution is -0.121. The zero-order valence-corrected chi connectivity index (χ0v) is 18.7. The van der Waals surface area contributed by atoms with Crippen LogP contribution < -0.4 is 10.6 Å². The second-order valence-corrected chi connectivity index (χ2v) is 9.04. The first-order valence-corrected chi connectivity index (χ1v) is 12.0. The minimum Gasteiger partial charge on any atom is -0.349 e. The lowest BCUT2D eigenvalue weighted by Gasteiger charge is -2.19. The van der Waals surface area contributed by atoms with E-state index in [1.807, 2.05) is 41.1 Å². The van der Waals surface area contributed by atoms with Gasteiger partial charge in [0, 0.05) is 10.3 Å². The van der Waals surface area contributed by atoms with Crippen molar-refractivity contribution in [2.24, 2.45) is 0 Å². The predicted octanol–water partition coefficient (Wildman–Crippen LogP) is 5.37. The van der Waals surface area contributed by atoms with Crippen LogP contribution in [0.25, 0.3) is 0 Å². The minimum atomic E-state index is -0.0946. The van der Waals surface area contributed by atoms with E-state index in [1.54, 1.807) is 11.3 Å². The summed E-state index contributed by atoms with van der Waals surface area (Å²) in [6, 6.07) is 14.0. The smallest absolute Gasteiger partial charge is 0.231 e. The fourth-order valence-corrected chi connectivity index (χ4v) is 4.63. The van der Waals surface area contributed by atoms with Gasteiger partial charge in [-0.25, -0.2) is 4.98 Å². The van der Waals surface area contributed by atoms with Gasteiger partial charge in [-0.3, -0.25) is 9.59 Å². The van der Waals surface area contributed by atoms with E-state index in [9.17, 15) is 9.59 Å². The number of nitrogens with one attached hydrogen (secondary N) is 2. The number of anilines is 1. The first-order valence-electron chi connectivity index (χ1n) is 10.2. The zero-order chi connectivity index (χ0) is 21.2. The molecule has 7 heteroatoms. The molecule has 2 aromatic heterocycles. The fraction of sp³-hybridized carbons (Fsp3) is 0.348. The number of benzene rings is 1. The third kappa shape index (κ3) is 7.07. The van der Waals surface area contributed by atoms with Crippen molar-refractivity contribution in [2.75, 3.05) is 5.32 Å². The number of aromatic nitrogens is 1. The van der Waals surface area contributed by atoms with E-state index in [1.165, 1.54) is 11.3 Å². The molecule has 0 radical (unpaired) electrons. The summed E-state index contributed by atoms with van der Waals surface area (Å²) in [7, 11) is 0. The molecule has 0 aliphatic heterocycles. The number of amides is 2. The highest BCUT2D eigenvalue weighted by Gasteiger charge is 2.16. The number of nitrogens with zero attached hydrogens (tertiary/aromatic N) is 1. The number of hydrogen-bond acceptors (Lipinski definition) is 5. The molecule has 2 N–H and O–H groups in total. The number of unbranched alkanes of at least 4 members (excludes halogenated alkanes) is 2. The molecular weight excluding hydrogens is 414 g/mol. The lowest BCUT2D eigenvalue weighted by Crippen LogP contribution is -2.30. The molecule has 1 atom stereocenters. The molecule has 0 aliphatic carbocycles. The Kier molecular flexibility index (Phi) is 8.59. The van der Waals surface area contributed by atoms with Gasteiger partial charge in [0.1, 0.15) is 0 Å². The van der Waals surface area contributed by atoms with Crippen molar-refractivity contribution < 1.29 is 9.59 Å². The maximum absolute atomic E-state index is 12.6. The minimum absolute atomic E-state index is 0.00820. The molecule has 2 heterocycles. The number of thiazole rings is 1. The maximum atomic E-state index is 12.6. The molecule has 3 aromatic rings. The van der Waals surface area contributed by atoms with Crippen molar-refractivity contribution in [1.29, 1.82) is 0 Å². The Bertz CT molecular complexity index is 923. The van der Waals surface area contributed by atoms with E-state index in [-0.39, 0.29) is 24.3 Å². The number of carbonyl (C=O) groups is 2. The van der Waals surface area contributed by atoms with E-state index >= 15 is 0 Å². The Hall–Kier alpha value is -2.51. The van der Waals surface area contributed by atoms with Gasteiger partial charge in [0.2, 0.25) is 11.8 Å². The van der Waals surface area contributed by atoms with Crippen LogP contribution in [-0.4, -0.2) is 16.8 Å². The van der Waals surface area contributed by atoms with Crippen LogP contribution in [0.2, 0.25) is 0 Å². The number of thiophene rings is 1. The molecule has 0 saturated heterocycles. The summed E-state index contributed by atoms with van der Waals surface area (Å²) < 4.78 is 0. The van der Waals surface area contributed by atoms with E-state index < -0.39 is 0 Å². The molecule has 158 valence electrons. The van der Waals surface area contributed by atoms with Gasteiger partial charge in [-0.15, -0.1) is 22.7 Å². The molecule has 1 unspecified atom stereocenters. The van der Waals surface area contributed by atoms with Gasteiger partial charge in [0.15, 0.2) is 5.13 Å². The third-order valence-corrected chi connectivity index (χ3v) is 6.37. The molecular formula is C23H27N3O2S2. The molecule has 5 nitrogen and oxygen atoms in total. The van der Waals surface area contributed by atoms with Gasteiger partial charge in [-0.2, -0.15) is 0 Å². The monoisotopic (exact) mass is 441 g/mol. The van der Waals surface area contributed by atoms with Crippen molar-refractivity contribution in [3.8, 4) is 0 Å². The average molecular weight is 442 g/mol. The predicted molar refractivity (Wildman–Crippen MR) is 124 cm³/mol. The van der Waals surface area contributed by atoms with Crippen molar-refractivity contribution in [3.63, 3.8) is 0 Å². The standard InChI is InChI=1S/C23H27N3O2S2/c1-2-3-5-12-20(17-9-6-4-7-10-17)25-21(27)14-18-16-30-23(24-18)26-22(28)15-19-11-8-13-29-19/h4,6-11,13,16,20H,2-3,5,12,14-15H2,1H3,(H,25,27)(H,24,26,28). The Morgan fingerprint density at radius 1 is 1.00 bits per heavy atom. The van der Waals surface area contributed by atoms with Gasteiger partial charge in [-0.1, -0.05) is 62.6 Å². The first kappa shape index (κ1) is 22.2. The molecule has 3 rings (SSSR count). The number of carbonyl (C=O) groups excluding carboxylic acids is 2. The Balaban J connectivity index is 1.53. The molecule has 0 fully saturated rings. The lowest BCUT2D eigenvalue weighted by atomic mass is 10.00. The van der Waals surface area contributed by atoms with Crippen LogP contribution in [0.1, 0.15) is 54.8 Å². The highest BCUT2D eigenvalue weighted by molar-refractivity contribution is 7.14. The van der Waals surface area contributed by atoms with Crippen LogP contribution >= 0.6 is 22.7 Å². The summed E-state index contributed by atoms with van der Waals surface area (Å²) in [5, 5.41) is 10.3. The third-order valence-electron chi connectivity index (χ3n) is 4.69. The summed E-state index contributed by atoms with van der Waals surface area (Å²) in [6.07, 6.45) is 4.84. The quantitative estimate of drug-likeness (QED) is 0.393. The van der Waals surface area contributed by atoms with Gasteiger partial charge >= 0.3 is 0 Å². The second kappa shape index (κ2) is 11.6. The molecule has 0 bridgehead atoms. The van der Waals surface area contributed by atoms with Crippen LogP contribution in [0.15, 0.2) is 53.2 Å². The van der Waals surface area contributed by atoms with Crippen LogP contribution in [0.5, 0.6) is 0 Å². The van der Waals surface area contributed by atoms with Gasteiger partial charge in [-0.05, 0) is 23.4 Å². The first-order chi connectivity index (χ1) is 14.6. The van der Waals surface area contributed by atoms with Crippen molar-refractivity contribution in [1.82, 2.24) is 10.3 Å². The SMILES string of the molecule is CCCCCC(NC(=O)Cc1csc(NC(=O)Cc2cccs2)n1)c1ccccc1. The Labute approximate surface area is 185 Å². The molecule has 2 amide bonds. The topological polar surface area (TPSA) is 71.1 Å². The zero-order valence-electron chi connectivity index (χ0n) is 17.1. The summed E-state index contributed by atoms with van der Waals surface area (Å²) in [5.74, 6) is -0.148. The van der Waals surface area contributed by atoms with E-state index in [4.69, 9.17) is 0 Å². The number of hydrogen-bond donors (Lipinski definition) is 2. The van der Waals surface area contributed by atoms with Crippen molar-refractivity contribution in [2.45, 2.75) is 51.5 Å². The average Bonchev–Trinajstić information content (AvgIpc) is 3.40. The summed E-state index contributed by atoms with van der Waals surface area (Å²) in [4.78, 5) is 30.2. The Morgan fingerprint density at radius 3 is 2.57 bits per heavy atom. The normalized spacial score (nSPS) is 11.8. The molecule has 0 spiro atoms. The van der Waals surface area contributed by atoms with Crippen LogP contribution in [0, 0.1) is 0 Å². The van der Waals surface area contributed by atoms with Gasteiger partial charge < -0.3 is 10.6 Å². The van der Waals surface area contributed by atoms with Crippen LogP contribution in [0.3, 0.4) is 0 Å². The largest absolute Gasteiger partial charge is 0.349 e. The van der Waals surface area contributed by atoms with E-state index in [2.05, 4.69) is 34.7 Å². The summed E-state index contributed by atoms with van der Waals surface area (Å²) >= 11 is 2.90. The Morgan fingerprint density at radius 2 is 1.83 bits per heavy atom. The summed E-state index contributed by atoms with van der Waals surface area (Å²) in [5.41, 5.74) is 1.80. The molecule has 0 aliphatic rings. The molecule has 0 saturated carbocycles.